The zero-order chi connectivity index (χ0) is 19.7. The largest absolute Gasteiger partial charge is 0.395 e. The van der Waals surface area contributed by atoms with Crippen LogP contribution in [-0.4, -0.2) is 53.8 Å². The number of ether oxygens (including phenoxy) is 1. The van der Waals surface area contributed by atoms with E-state index in [0.29, 0.717) is 11.5 Å². The molecule has 4 heterocycles. The van der Waals surface area contributed by atoms with Crippen LogP contribution in [0.25, 0.3) is 0 Å². The van der Waals surface area contributed by atoms with Gasteiger partial charge in [0.25, 0.3) is 5.91 Å². The summed E-state index contributed by atoms with van der Waals surface area (Å²) in [5.41, 5.74) is 3.06. The molecule has 0 unspecified atom stereocenters. The van der Waals surface area contributed by atoms with Gasteiger partial charge in [-0.05, 0) is 44.7 Å². The highest BCUT2D eigenvalue weighted by molar-refractivity contribution is 7.14. The number of carbonyl (C=O) groups is 1. The second-order valence-corrected chi connectivity index (χ2v) is 8.48. The SMILES string of the molecule is Cc1ncnc(N2CCC3(CC2)OCCc2cc(C(=O)NCCO)sc23)c1C. The molecule has 7 nitrogen and oxygen atoms in total. The van der Waals surface area contributed by atoms with Gasteiger partial charge in [-0.1, -0.05) is 0 Å². The maximum Gasteiger partial charge on any atom is 0.261 e. The van der Waals surface area contributed by atoms with E-state index in [9.17, 15) is 4.79 Å². The Hall–Kier alpha value is -2.03. The van der Waals surface area contributed by atoms with Gasteiger partial charge >= 0.3 is 0 Å². The highest BCUT2D eigenvalue weighted by Gasteiger charge is 2.43. The third kappa shape index (κ3) is 3.40. The molecular weight excluding hydrogens is 376 g/mol. The number of aryl methyl sites for hydroxylation is 1. The van der Waals surface area contributed by atoms with Crippen LogP contribution in [0.5, 0.6) is 0 Å². The molecule has 1 spiro atoms. The summed E-state index contributed by atoms with van der Waals surface area (Å²) >= 11 is 1.54. The molecule has 0 bridgehead atoms. The molecule has 150 valence electrons. The molecule has 2 aliphatic rings. The van der Waals surface area contributed by atoms with Gasteiger partial charge in [0.15, 0.2) is 0 Å². The van der Waals surface area contributed by atoms with Crippen molar-refractivity contribution in [2.45, 2.75) is 38.7 Å². The van der Waals surface area contributed by atoms with Crippen molar-refractivity contribution in [2.75, 3.05) is 37.7 Å². The number of aliphatic hydroxyl groups excluding tert-OH is 1. The van der Waals surface area contributed by atoms with Crippen molar-refractivity contribution in [3.05, 3.63) is 39.0 Å². The van der Waals surface area contributed by atoms with Gasteiger partial charge in [-0.2, -0.15) is 0 Å². The molecule has 2 aromatic rings. The highest BCUT2D eigenvalue weighted by atomic mass is 32.1. The minimum atomic E-state index is -0.305. The van der Waals surface area contributed by atoms with E-state index in [1.54, 1.807) is 6.33 Å². The Morgan fingerprint density at radius 1 is 1.36 bits per heavy atom. The van der Waals surface area contributed by atoms with Gasteiger partial charge in [0, 0.05) is 35.8 Å². The predicted molar refractivity (Wildman–Crippen MR) is 108 cm³/mol. The van der Waals surface area contributed by atoms with Crippen molar-refractivity contribution in [1.82, 2.24) is 15.3 Å². The van der Waals surface area contributed by atoms with E-state index in [1.165, 1.54) is 21.8 Å². The van der Waals surface area contributed by atoms with Gasteiger partial charge in [0.1, 0.15) is 17.7 Å². The van der Waals surface area contributed by atoms with E-state index in [1.807, 2.05) is 13.0 Å². The second kappa shape index (κ2) is 7.77. The number of thiophene rings is 1. The number of anilines is 1. The Kier molecular flexibility index (Phi) is 5.35. The van der Waals surface area contributed by atoms with Gasteiger partial charge in [-0.25, -0.2) is 9.97 Å². The number of aromatic nitrogens is 2. The summed E-state index contributed by atoms with van der Waals surface area (Å²) in [6.07, 6.45) is 4.23. The lowest BCUT2D eigenvalue weighted by Crippen LogP contribution is -2.46. The molecule has 2 aliphatic heterocycles. The number of rotatable bonds is 4. The summed E-state index contributed by atoms with van der Waals surface area (Å²) in [5, 5.41) is 11.7. The van der Waals surface area contributed by atoms with E-state index in [4.69, 9.17) is 9.84 Å². The minimum Gasteiger partial charge on any atom is -0.395 e. The maximum atomic E-state index is 12.3. The van der Waals surface area contributed by atoms with Gasteiger partial charge in [-0.15, -0.1) is 11.3 Å². The van der Waals surface area contributed by atoms with Crippen LogP contribution < -0.4 is 10.2 Å². The van der Waals surface area contributed by atoms with Crippen molar-refractivity contribution in [3.8, 4) is 0 Å². The van der Waals surface area contributed by atoms with Crippen LogP contribution in [0, 0.1) is 13.8 Å². The highest BCUT2D eigenvalue weighted by Crippen LogP contribution is 2.46. The summed E-state index contributed by atoms with van der Waals surface area (Å²) in [6.45, 7) is 6.71. The smallest absolute Gasteiger partial charge is 0.261 e. The van der Waals surface area contributed by atoms with Crippen LogP contribution in [-0.2, 0) is 16.8 Å². The molecular formula is C20H26N4O3S. The molecule has 0 radical (unpaired) electrons. The Morgan fingerprint density at radius 3 is 2.89 bits per heavy atom. The fourth-order valence-corrected chi connectivity index (χ4v) is 5.41. The van der Waals surface area contributed by atoms with Crippen molar-refractivity contribution in [1.29, 1.82) is 0 Å². The number of fused-ring (bicyclic) bond motifs is 2. The molecule has 2 aromatic heterocycles. The van der Waals surface area contributed by atoms with Crippen LogP contribution in [0.2, 0.25) is 0 Å². The molecule has 0 aliphatic carbocycles. The molecule has 1 fully saturated rings. The summed E-state index contributed by atoms with van der Waals surface area (Å²) in [5.74, 6) is 0.891. The first-order valence-electron chi connectivity index (χ1n) is 9.73. The van der Waals surface area contributed by atoms with Crippen LogP contribution in [0.15, 0.2) is 12.4 Å². The lowest BCUT2D eigenvalue weighted by molar-refractivity contribution is -0.0735. The van der Waals surface area contributed by atoms with Crippen LogP contribution in [0.3, 0.4) is 0 Å². The predicted octanol–water partition coefficient (Wildman–Crippen LogP) is 1.95. The van der Waals surface area contributed by atoms with E-state index in [-0.39, 0.29) is 24.7 Å². The first-order valence-corrected chi connectivity index (χ1v) is 10.5. The first-order chi connectivity index (χ1) is 13.5. The molecule has 0 aromatic carbocycles. The van der Waals surface area contributed by atoms with Crippen molar-refractivity contribution in [3.63, 3.8) is 0 Å². The molecule has 28 heavy (non-hydrogen) atoms. The summed E-state index contributed by atoms with van der Waals surface area (Å²) in [6, 6.07) is 2.00. The number of hydrogen-bond donors (Lipinski definition) is 2. The summed E-state index contributed by atoms with van der Waals surface area (Å²) in [7, 11) is 0. The number of nitrogens with one attached hydrogen (secondary N) is 1. The third-order valence-corrected chi connectivity index (χ3v) is 7.14. The zero-order valence-electron chi connectivity index (χ0n) is 16.3. The van der Waals surface area contributed by atoms with Gasteiger partial charge < -0.3 is 20.1 Å². The second-order valence-electron chi connectivity index (χ2n) is 7.43. The number of hydrogen-bond acceptors (Lipinski definition) is 7. The average Bonchev–Trinajstić information content (AvgIpc) is 3.15. The molecule has 8 heteroatoms. The van der Waals surface area contributed by atoms with Crippen molar-refractivity contribution in [2.24, 2.45) is 0 Å². The summed E-state index contributed by atoms with van der Waals surface area (Å²) in [4.78, 5) is 25.3. The minimum absolute atomic E-state index is 0.0539. The maximum absolute atomic E-state index is 12.3. The van der Waals surface area contributed by atoms with Gasteiger partial charge in [0.05, 0.1) is 18.1 Å². The topological polar surface area (TPSA) is 87.6 Å². The fourth-order valence-electron chi connectivity index (χ4n) is 4.09. The molecule has 2 N–H and O–H groups in total. The van der Waals surface area contributed by atoms with Crippen LogP contribution in [0.4, 0.5) is 5.82 Å². The number of aliphatic hydroxyl groups is 1. The molecule has 0 saturated carbocycles. The van der Waals surface area contributed by atoms with Gasteiger partial charge in [0.2, 0.25) is 0 Å². The lowest BCUT2D eigenvalue weighted by atomic mass is 9.85. The number of amides is 1. The Balaban J connectivity index is 1.54. The first kappa shape index (κ1) is 19.3. The number of carbonyl (C=O) groups excluding carboxylic acids is 1. The number of nitrogens with zero attached hydrogens (tertiary/aromatic N) is 3. The van der Waals surface area contributed by atoms with E-state index < -0.39 is 0 Å². The normalized spacial score (nSPS) is 18.2. The Labute approximate surface area is 168 Å². The molecule has 4 rings (SSSR count). The van der Waals surface area contributed by atoms with Gasteiger partial charge in [-0.3, -0.25) is 4.79 Å². The number of piperidine rings is 1. The quantitative estimate of drug-likeness (QED) is 0.813. The zero-order valence-corrected chi connectivity index (χ0v) is 17.1. The monoisotopic (exact) mass is 402 g/mol. The Morgan fingerprint density at radius 2 is 2.14 bits per heavy atom. The molecule has 0 atom stereocenters. The third-order valence-electron chi connectivity index (χ3n) is 5.77. The average molecular weight is 403 g/mol. The summed E-state index contributed by atoms with van der Waals surface area (Å²) < 4.78 is 6.32. The van der Waals surface area contributed by atoms with Crippen LogP contribution in [0.1, 0.15) is 44.2 Å². The fraction of sp³-hybridized carbons (Fsp3) is 0.550. The molecule has 1 amide bonds. The molecule has 1 saturated heterocycles. The standard InChI is InChI=1S/C20H26N4O3S/c1-13-14(2)22-12-23-18(13)24-7-4-20(5-8-24)17-15(3-10-27-20)11-16(28-17)19(26)21-6-9-25/h11-12,25H,3-10H2,1-2H3,(H,21,26). The van der Waals surface area contributed by atoms with Crippen molar-refractivity contribution < 1.29 is 14.6 Å². The van der Waals surface area contributed by atoms with E-state index >= 15 is 0 Å². The lowest BCUT2D eigenvalue weighted by Gasteiger charge is -2.44. The van der Waals surface area contributed by atoms with E-state index in [0.717, 1.165) is 49.4 Å². The van der Waals surface area contributed by atoms with Crippen LogP contribution >= 0.6 is 11.3 Å². The van der Waals surface area contributed by atoms with Crippen molar-refractivity contribution >= 4 is 23.1 Å². The van der Waals surface area contributed by atoms with E-state index in [2.05, 4.69) is 27.1 Å². The Bertz CT molecular complexity index is 874.